The number of anilines is 1. The minimum atomic E-state index is -4.74. The van der Waals surface area contributed by atoms with E-state index >= 15 is 0 Å². The maximum absolute atomic E-state index is 13.8. The molecule has 1 saturated heterocycles. The quantitative estimate of drug-likeness (QED) is 0.845. The Morgan fingerprint density at radius 1 is 1.41 bits per heavy atom. The number of fused-ring (bicyclic) bond motifs is 1. The molecule has 1 aliphatic carbocycles. The highest BCUT2D eigenvalue weighted by Gasteiger charge is 2.60. The highest BCUT2D eigenvalue weighted by atomic mass is 35.5. The fraction of sp³-hybridized carbons (Fsp3) is 0.500. The molecule has 0 bridgehead atoms. The summed E-state index contributed by atoms with van der Waals surface area (Å²) in [4.78, 5) is 1.34. The Balaban J connectivity index is 1.96. The van der Waals surface area contributed by atoms with Crippen molar-refractivity contribution < 1.29 is 22.7 Å². The second kappa shape index (κ2) is 5.00. The van der Waals surface area contributed by atoms with Gasteiger partial charge in [0.05, 0.1) is 11.1 Å². The molecule has 22 heavy (non-hydrogen) atoms. The molecule has 4 atom stereocenters. The van der Waals surface area contributed by atoms with Crippen molar-refractivity contribution in [2.45, 2.75) is 24.7 Å². The number of aliphatic hydroxyl groups excluding tert-OH is 1. The first kappa shape index (κ1) is 15.4. The molecule has 0 spiro atoms. The molecule has 2 aliphatic rings. The maximum atomic E-state index is 13.8. The number of alkyl halides is 3. The summed E-state index contributed by atoms with van der Waals surface area (Å²) in [5, 5.41) is 18.2. The van der Waals surface area contributed by atoms with Crippen molar-refractivity contribution in [2.75, 3.05) is 11.4 Å². The van der Waals surface area contributed by atoms with Gasteiger partial charge in [-0.15, -0.1) is 0 Å². The van der Waals surface area contributed by atoms with E-state index in [0.29, 0.717) is 13.0 Å². The van der Waals surface area contributed by atoms with Gasteiger partial charge < -0.3 is 10.0 Å². The summed E-state index contributed by atoms with van der Waals surface area (Å²) in [6.07, 6.45) is -6.61. The van der Waals surface area contributed by atoms with Gasteiger partial charge in [0.2, 0.25) is 0 Å². The van der Waals surface area contributed by atoms with Crippen LogP contribution in [-0.4, -0.2) is 30.0 Å². The third-order valence-electron chi connectivity index (χ3n) is 4.34. The van der Waals surface area contributed by atoms with Crippen LogP contribution in [0, 0.1) is 29.0 Å². The van der Waals surface area contributed by atoms with E-state index in [1.807, 2.05) is 0 Å². The minimum Gasteiger partial charge on any atom is -0.382 e. The van der Waals surface area contributed by atoms with E-state index in [1.54, 1.807) is 6.07 Å². The molecule has 3 rings (SSSR count). The molecular formula is C14H11ClF4N2O. The number of aliphatic hydroxyl groups is 1. The Labute approximate surface area is 128 Å². The van der Waals surface area contributed by atoms with Crippen LogP contribution >= 0.6 is 11.6 Å². The van der Waals surface area contributed by atoms with Gasteiger partial charge in [-0.05, 0) is 30.4 Å². The number of nitrogens with zero attached hydrogens (tertiary/aromatic N) is 2. The summed E-state index contributed by atoms with van der Waals surface area (Å²) in [5.41, 5.74) is -0.190. The van der Waals surface area contributed by atoms with E-state index in [9.17, 15) is 22.7 Å². The fourth-order valence-electron chi connectivity index (χ4n) is 3.21. The number of benzene rings is 1. The summed E-state index contributed by atoms with van der Waals surface area (Å²) in [6, 6.07) is 2.72. The Bertz CT molecular complexity index is 634. The molecule has 1 aromatic carbocycles. The predicted molar refractivity (Wildman–Crippen MR) is 70.9 cm³/mol. The Morgan fingerprint density at radius 2 is 2.09 bits per heavy atom. The van der Waals surface area contributed by atoms with Gasteiger partial charge in [0.25, 0.3) is 0 Å². The monoisotopic (exact) mass is 334 g/mol. The molecule has 8 heteroatoms. The predicted octanol–water partition coefficient (Wildman–Crippen LogP) is 3.10. The molecule has 1 aromatic rings. The average molecular weight is 335 g/mol. The highest BCUT2D eigenvalue weighted by molar-refractivity contribution is 6.32. The fourth-order valence-corrected chi connectivity index (χ4v) is 3.46. The van der Waals surface area contributed by atoms with Gasteiger partial charge in [-0.25, -0.2) is 4.39 Å². The number of nitriles is 1. The van der Waals surface area contributed by atoms with Gasteiger partial charge in [-0.3, -0.25) is 0 Å². The van der Waals surface area contributed by atoms with Crippen LogP contribution in [0.2, 0.25) is 5.02 Å². The van der Waals surface area contributed by atoms with Gasteiger partial charge >= 0.3 is 6.18 Å². The minimum absolute atomic E-state index is 0.0690. The van der Waals surface area contributed by atoms with E-state index in [2.05, 4.69) is 0 Å². The first-order valence-electron chi connectivity index (χ1n) is 6.64. The van der Waals surface area contributed by atoms with Crippen molar-refractivity contribution in [3.05, 3.63) is 28.5 Å². The van der Waals surface area contributed by atoms with Crippen LogP contribution in [0.3, 0.4) is 0 Å². The topological polar surface area (TPSA) is 47.3 Å². The molecule has 118 valence electrons. The molecule has 0 radical (unpaired) electrons. The van der Waals surface area contributed by atoms with E-state index < -0.39 is 24.1 Å². The van der Waals surface area contributed by atoms with E-state index in [-0.39, 0.29) is 28.1 Å². The normalized spacial score (nSPS) is 28.2. The van der Waals surface area contributed by atoms with Gasteiger partial charge in [-0.2, -0.15) is 18.4 Å². The van der Waals surface area contributed by atoms with Crippen LogP contribution in [0.4, 0.5) is 23.2 Å². The smallest absolute Gasteiger partial charge is 0.382 e. The molecule has 2 fully saturated rings. The molecule has 1 heterocycles. The third kappa shape index (κ3) is 2.40. The summed E-state index contributed by atoms with van der Waals surface area (Å²) < 4.78 is 52.3. The highest BCUT2D eigenvalue weighted by Crippen LogP contribution is 2.53. The van der Waals surface area contributed by atoms with Crippen LogP contribution < -0.4 is 4.90 Å². The Kier molecular flexibility index (Phi) is 3.49. The molecule has 1 unspecified atom stereocenters. The molecule has 1 aliphatic heterocycles. The van der Waals surface area contributed by atoms with Crippen molar-refractivity contribution in [3.63, 3.8) is 0 Å². The second-order valence-corrected chi connectivity index (χ2v) is 6.09. The second-order valence-electron chi connectivity index (χ2n) is 5.69. The molecular weight excluding hydrogens is 324 g/mol. The first-order chi connectivity index (χ1) is 10.2. The standard InChI is InChI=1S/C14H11ClF4N2O/c15-10-2-7(3-11(16)9(10)4-20)21-5-6-1-8(6)12(21)13(22)14(17,18)19/h2-3,6,8,12-13,22H,1,5H2/t6-,8?,12+,13-/m0/s1. The number of halogens is 5. The van der Waals surface area contributed by atoms with Gasteiger partial charge in [0, 0.05) is 12.2 Å². The number of rotatable bonds is 2. The van der Waals surface area contributed by atoms with Crippen molar-refractivity contribution in [1.29, 1.82) is 5.26 Å². The van der Waals surface area contributed by atoms with Gasteiger partial charge in [0.15, 0.2) is 6.10 Å². The zero-order valence-corrected chi connectivity index (χ0v) is 11.9. The Hall–Kier alpha value is -1.52. The van der Waals surface area contributed by atoms with Crippen molar-refractivity contribution >= 4 is 17.3 Å². The largest absolute Gasteiger partial charge is 0.416 e. The molecule has 0 amide bonds. The molecule has 1 saturated carbocycles. The van der Waals surface area contributed by atoms with Crippen molar-refractivity contribution in [2.24, 2.45) is 11.8 Å². The number of piperidine rings is 1. The van der Waals surface area contributed by atoms with E-state index in [1.165, 1.54) is 11.0 Å². The van der Waals surface area contributed by atoms with Gasteiger partial charge in [0.1, 0.15) is 17.4 Å². The maximum Gasteiger partial charge on any atom is 0.416 e. The van der Waals surface area contributed by atoms with Gasteiger partial charge in [-0.1, -0.05) is 11.6 Å². The lowest BCUT2D eigenvalue weighted by molar-refractivity contribution is -0.210. The molecule has 1 N–H and O–H groups in total. The average Bonchev–Trinajstić information content (AvgIpc) is 3.07. The number of hydrogen-bond donors (Lipinski definition) is 1. The van der Waals surface area contributed by atoms with Crippen molar-refractivity contribution in [1.82, 2.24) is 0 Å². The number of hydrogen-bond acceptors (Lipinski definition) is 3. The Morgan fingerprint density at radius 3 is 2.64 bits per heavy atom. The summed E-state index contributed by atoms with van der Waals surface area (Å²) in [6.45, 7) is 0.310. The zero-order valence-electron chi connectivity index (χ0n) is 11.1. The van der Waals surface area contributed by atoms with Crippen LogP contribution in [0.25, 0.3) is 0 Å². The SMILES string of the molecule is N#Cc1c(F)cc(N2C[C@@H]3CC3[C@@H]2[C@H](O)C(F)(F)F)cc1Cl. The lowest BCUT2D eigenvalue weighted by Gasteiger charge is -2.34. The van der Waals surface area contributed by atoms with Crippen LogP contribution in [-0.2, 0) is 0 Å². The third-order valence-corrected chi connectivity index (χ3v) is 4.63. The molecule has 3 nitrogen and oxygen atoms in total. The van der Waals surface area contributed by atoms with Crippen LogP contribution in [0.1, 0.15) is 12.0 Å². The van der Waals surface area contributed by atoms with E-state index in [0.717, 1.165) is 6.07 Å². The summed E-state index contributed by atoms with van der Waals surface area (Å²) >= 11 is 5.80. The lowest BCUT2D eigenvalue weighted by atomic mass is 10.0. The van der Waals surface area contributed by atoms with Crippen LogP contribution in [0.5, 0.6) is 0 Å². The lowest BCUT2D eigenvalue weighted by Crippen LogP contribution is -2.49. The molecule has 0 aromatic heterocycles. The first-order valence-corrected chi connectivity index (χ1v) is 7.02. The summed E-state index contributed by atoms with van der Waals surface area (Å²) in [5.74, 6) is -1.07. The zero-order chi connectivity index (χ0) is 16.2. The van der Waals surface area contributed by atoms with E-state index in [4.69, 9.17) is 16.9 Å². The van der Waals surface area contributed by atoms with Crippen LogP contribution in [0.15, 0.2) is 12.1 Å². The summed E-state index contributed by atoms with van der Waals surface area (Å²) in [7, 11) is 0. The van der Waals surface area contributed by atoms with Crippen molar-refractivity contribution in [3.8, 4) is 6.07 Å².